The van der Waals surface area contributed by atoms with Gasteiger partial charge in [-0.25, -0.2) is 15.0 Å². The number of hydrogen-bond acceptors (Lipinski definition) is 8. The molecule has 3 N–H and O–H groups in total. The smallest absolute Gasteiger partial charge is 0.167 e. The Balaban J connectivity index is 1.77. The summed E-state index contributed by atoms with van der Waals surface area (Å²) in [5, 5.41) is 33.7. The molecule has 0 aliphatic carbocycles. The second-order valence-electron chi connectivity index (χ2n) is 11.7. The van der Waals surface area contributed by atoms with E-state index in [0.717, 1.165) is 56.9 Å². The number of aryl methyl sites for hydroxylation is 1. The van der Waals surface area contributed by atoms with Crippen molar-refractivity contribution in [2.45, 2.75) is 92.9 Å². The average Bonchev–Trinajstić information content (AvgIpc) is 3.03. The summed E-state index contributed by atoms with van der Waals surface area (Å²) >= 11 is 0. The van der Waals surface area contributed by atoms with Crippen molar-refractivity contribution in [3.63, 3.8) is 0 Å². The van der Waals surface area contributed by atoms with Gasteiger partial charge in [0, 0.05) is 11.1 Å². The van der Waals surface area contributed by atoms with Crippen molar-refractivity contribution in [1.29, 1.82) is 0 Å². The molecule has 4 aromatic rings. The van der Waals surface area contributed by atoms with E-state index in [0.29, 0.717) is 58.1 Å². The van der Waals surface area contributed by atoms with Gasteiger partial charge in [-0.3, -0.25) is 0 Å². The molecule has 0 amide bonds. The molecule has 4 rings (SSSR count). The zero-order valence-corrected chi connectivity index (χ0v) is 27.5. The molecule has 0 fully saturated rings. The molecule has 0 unspecified atom stereocenters. The summed E-state index contributed by atoms with van der Waals surface area (Å²) in [7, 11) is 0. The number of hydrogen-bond donors (Lipinski definition) is 3. The van der Waals surface area contributed by atoms with Crippen LogP contribution >= 0.6 is 0 Å². The Morgan fingerprint density at radius 1 is 0.489 bits per heavy atom. The third kappa shape index (κ3) is 7.85. The minimum absolute atomic E-state index is 0.000639. The fraction of sp³-hybridized carbons (Fsp3) is 0.432. The highest BCUT2D eigenvalue weighted by Gasteiger charge is 2.22. The quantitative estimate of drug-likeness (QED) is 0.114. The number of rotatable bonds is 15. The molecule has 0 aliphatic rings. The first kappa shape index (κ1) is 33.6. The van der Waals surface area contributed by atoms with Crippen LogP contribution < -0.4 is 9.47 Å². The number of aromatic nitrogens is 3. The van der Waals surface area contributed by atoms with Crippen molar-refractivity contribution in [1.82, 2.24) is 15.0 Å². The number of phenolic OH excluding ortho intramolecular Hbond substituents is 3. The highest BCUT2D eigenvalue weighted by atomic mass is 16.5. The van der Waals surface area contributed by atoms with Crippen molar-refractivity contribution in [3.05, 3.63) is 58.7 Å². The number of benzene rings is 3. The monoisotopic (exact) mass is 613 g/mol. The van der Waals surface area contributed by atoms with Gasteiger partial charge >= 0.3 is 0 Å². The lowest BCUT2D eigenvalue weighted by Gasteiger charge is -2.16. The number of phenols is 3. The number of unbranched alkanes of at least 4 members (excludes halogenated alkanes) is 6. The summed E-state index contributed by atoms with van der Waals surface area (Å²) < 4.78 is 12.0. The van der Waals surface area contributed by atoms with Crippen LogP contribution in [0.15, 0.2) is 36.4 Å². The van der Waals surface area contributed by atoms with Crippen molar-refractivity contribution >= 4 is 0 Å². The molecule has 1 aromatic heterocycles. The molecule has 0 spiro atoms. The number of aromatic hydroxyl groups is 3. The lowest BCUT2D eigenvalue weighted by molar-refractivity contribution is 0.301. The van der Waals surface area contributed by atoms with E-state index in [4.69, 9.17) is 24.4 Å². The van der Waals surface area contributed by atoms with E-state index in [-0.39, 0.29) is 34.7 Å². The molecule has 0 saturated heterocycles. The Morgan fingerprint density at radius 2 is 0.867 bits per heavy atom. The molecule has 45 heavy (non-hydrogen) atoms. The molecule has 3 aromatic carbocycles. The van der Waals surface area contributed by atoms with E-state index >= 15 is 0 Å². The highest BCUT2D eigenvalue weighted by molar-refractivity contribution is 5.76. The molecule has 8 nitrogen and oxygen atoms in total. The second-order valence-corrected chi connectivity index (χ2v) is 11.7. The highest BCUT2D eigenvalue weighted by Crippen LogP contribution is 2.41. The molecular weight excluding hydrogens is 566 g/mol. The van der Waals surface area contributed by atoms with Crippen LogP contribution in [0, 0.1) is 27.7 Å². The van der Waals surface area contributed by atoms with Crippen molar-refractivity contribution in [2.24, 2.45) is 0 Å². The maximum atomic E-state index is 11.3. The van der Waals surface area contributed by atoms with E-state index < -0.39 is 0 Å². The Bertz CT molecular complexity index is 1530. The Morgan fingerprint density at radius 3 is 1.27 bits per heavy atom. The van der Waals surface area contributed by atoms with E-state index in [1.807, 2.05) is 32.0 Å². The van der Waals surface area contributed by atoms with Gasteiger partial charge in [-0.05, 0) is 82.0 Å². The third-order valence-electron chi connectivity index (χ3n) is 8.33. The van der Waals surface area contributed by atoms with E-state index in [2.05, 4.69) is 13.8 Å². The molecular formula is C37H47N3O5. The summed E-state index contributed by atoms with van der Waals surface area (Å²) in [6.45, 7) is 12.8. The number of ether oxygens (including phenoxy) is 2. The predicted octanol–water partition coefficient (Wildman–Crippen LogP) is 9.14. The Kier molecular flexibility index (Phi) is 11.6. The molecule has 0 radical (unpaired) electrons. The molecule has 1 heterocycles. The first-order valence-corrected chi connectivity index (χ1v) is 16.1. The van der Waals surface area contributed by atoms with Crippen LogP contribution in [0.5, 0.6) is 28.7 Å². The summed E-state index contributed by atoms with van der Waals surface area (Å²) in [5.74, 6) is 1.91. The molecule has 0 bridgehead atoms. The predicted molar refractivity (Wildman–Crippen MR) is 179 cm³/mol. The largest absolute Gasteiger partial charge is 0.507 e. The van der Waals surface area contributed by atoms with Crippen LogP contribution in [0.3, 0.4) is 0 Å². The molecule has 0 aliphatic heterocycles. The number of nitrogens with zero attached hydrogens (tertiary/aromatic N) is 3. The van der Waals surface area contributed by atoms with Crippen molar-refractivity contribution in [3.8, 4) is 62.9 Å². The summed E-state index contributed by atoms with van der Waals surface area (Å²) in [6.07, 6.45) is 8.71. The van der Waals surface area contributed by atoms with Gasteiger partial charge in [0.15, 0.2) is 17.5 Å². The SMILES string of the molecule is CCCCCCOc1ccc(-c2nc(-c3ccc(C)c(C)c3O)nc(-c3ccc(OCCCCCC)c(C)c3O)n2)c(O)c1C. The van der Waals surface area contributed by atoms with Crippen LogP contribution in [-0.4, -0.2) is 43.5 Å². The molecule has 240 valence electrons. The summed E-state index contributed by atoms with van der Waals surface area (Å²) in [4.78, 5) is 14.1. The van der Waals surface area contributed by atoms with E-state index in [1.165, 1.54) is 0 Å². The zero-order valence-electron chi connectivity index (χ0n) is 27.5. The van der Waals surface area contributed by atoms with Gasteiger partial charge in [-0.1, -0.05) is 58.4 Å². The van der Waals surface area contributed by atoms with Crippen LogP contribution in [0.1, 0.15) is 87.5 Å². The van der Waals surface area contributed by atoms with Gasteiger partial charge in [-0.15, -0.1) is 0 Å². The fourth-order valence-electron chi connectivity index (χ4n) is 5.18. The minimum Gasteiger partial charge on any atom is -0.507 e. The molecule has 8 heteroatoms. The van der Waals surface area contributed by atoms with Gasteiger partial charge in [0.1, 0.15) is 28.7 Å². The molecule has 0 atom stereocenters. The summed E-state index contributed by atoms with van der Waals surface area (Å²) in [6, 6.07) is 10.8. The lowest BCUT2D eigenvalue weighted by Crippen LogP contribution is -2.03. The first-order chi connectivity index (χ1) is 21.7. The van der Waals surface area contributed by atoms with Gasteiger partial charge in [0.25, 0.3) is 0 Å². The van der Waals surface area contributed by atoms with Crippen molar-refractivity contribution in [2.75, 3.05) is 13.2 Å². The van der Waals surface area contributed by atoms with Gasteiger partial charge in [0.2, 0.25) is 0 Å². The minimum atomic E-state index is 0.000639. The topological polar surface area (TPSA) is 118 Å². The van der Waals surface area contributed by atoms with Crippen molar-refractivity contribution < 1.29 is 24.8 Å². The van der Waals surface area contributed by atoms with Gasteiger partial charge < -0.3 is 24.8 Å². The summed E-state index contributed by atoms with van der Waals surface area (Å²) in [5.41, 5.74) is 4.02. The van der Waals surface area contributed by atoms with E-state index in [1.54, 1.807) is 32.0 Å². The van der Waals surface area contributed by atoms with Crippen LogP contribution in [0.25, 0.3) is 34.2 Å². The second kappa shape index (κ2) is 15.6. The Hall–Kier alpha value is -4.33. The average molecular weight is 614 g/mol. The third-order valence-corrected chi connectivity index (χ3v) is 8.33. The zero-order chi connectivity index (χ0) is 32.5. The van der Waals surface area contributed by atoms with E-state index in [9.17, 15) is 15.3 Å². The van der Waals surface area contributed by atoms with Crippen LogP contribution in [0.4, 0.5) is 0 Å². The van der Waals surface area contributed by atoms with Crippen LogP contribution in [0.2, 0.25) is 0 Å². The molecule has 0 saturated carbocycles. The van der Waals surface area contributed by atoms with Gasteiger partial charge in [-0.2, -0.15) is 0 Å². The maximum absolute atomic E-state index is 11.3. The van der Waals surface area contributed by atoms with Gasteiger partial charge in [0.05, 0.1) is 29.9 Å². The normalized spacial score (nSPS) is 11.2. The standard InChI is InChI=1S/C37H47N3O5/c1-7-9-11-13-21-44-30-19-17-28(33(42)25(30)5)36-38-35(27-16-15-23(3)24(4)32(27)41)39-37(40-36)29-18-20-31(26(6)34(29)43)45-22-14-12-10-8-2/h15-20,41-43H,7-14,21-22H2,1-6H3. The maximum Gasteiger partial charge on any atom is 0.167 e. The fourth-order valence-corrected chi connectivity index (χ4v) is 5.18. The van der Waals surface area contributed by atoms with Crippen LogP contribution in [-0.2, 0) is 0 Å². The Labute approximate surface area is 267 Å². The lowest BCUT2D eigenvalue weighted by atomic mass is 10.0. The first-order valence-electron chi connectivity index (χ1n) is 16.1.